The lowest BCUT2D eigenvalue weighted by Gasteiger charge is -2.07. The topological polar surface area (TPSA) is 257 Å². The van der Waals surface area contributed by atoms with E-state index in [4.69, 9.17) is 10.2 Å². The lowest BCUT2D eigenvalue weighted by atomic mass is 10.1. The summed E-state index contributed by atoms with van der Waals surface area (Å²) in [4.78, 5) is 22.2. The molecule has 0 fully saturated rings. The van der Waals surface area contributed by atoms with E-state index >= 15 is 0 Å². The van der Waals surface area contributed by atoms with Gasteiger partial charge in [-0.05, 0) is 158 Å². The first kappa shape index (κ1) is 45.1. The van der Waals surface area contributed by atoms with Crippen molar-refractivity contribution in [2.45, 2.75) is 37.5 Å². The van der Waals surface area contributed by atoms with Crippen LogP contribution in [0, 0.1) is 27.7 Å². The van der Waals surface area contributed by atoms with E-state index in [1.54, 1.807) is 86.7 Å². The summed E-state index contributed by atoms with van der Waals surface area (Å²) < 4.78 is 39.6. The maximum absolute atomic E-state index is 12.5. The van der Waals surface area contributed by atoms with Crippen LogP contribution in [0.5, 0.6) is 0 Å². The number of aryl methyl sites for hydroxylation is 4. The fourth-order valence-corrected chi connectivity index (χ4v) is 6.94. The Balaban J connectivity index is 1.17. The highest BCUT2D eigenvalue weighted by Gasteiger charge is 2.16. The van der Waals surface area contributed by atoms with E-state index in [0.717, 1.165) is 16.7 Å². The molecule has 0 bridgehead atoms. The number of benzene rings is 6. The minimum Gasteiger partial charge on any atom is -0.478 e. The Kier molecular flexibility index (Phi) is 14.3. The Morgan fingerprint density at radius 1 is 0.508 bits per heavy atom. The third-order valence-corrected chi connectivity index (χ3v) is 10.7. The zero-order valence-electron chi connectivity index (χ0n) is 33.8. The summed E-state index contributed by atoms with van der Waals surface area (Å²) in [6.45, 7) is 7.28. The van der Waals surface area contributed by atoms with Crippen molar-refractivity contribution in [1.82, 2.24) is 0 Å². The summed E-state index contributed by atoms with van der Waals surface area (Å²) in [7, 11) is -4.72. The number of azo groups is 4. The van der Waals surface area contributed by atoms with Crippen LogP contribution >= 0.6 is 12.0 Å². The zero-order chi connectivity index (χ0) is 45.3. The molecule has 6 aromatic carbocycles. The molecule has 17 nitrogen and oxygen atoms in total. The van der Waals surface area contributed by atoms with Crippen LogP contribution in [0.1, 0.15) is 54.1 Å². The Bertz CT molecular complexity index is 2990. The quantitative estimate of drug-likeness (QED) is 0.0189. The molecule has 63 heavy (non-hydrogen) atoms. The lowest BCUT2D eigenvalue weighted by Crippen LogP contribution is -2.00. The molecule has 0 saturated heterocycles. The van der Waals surface area contributed by atoms with Gasteiger partial charge in [-0.1, -0.05) is 24.3 Å². The standard InChI is InChI=1S/C44H36N8O9S2/c1-25-21-39(27(3)19-37(25)49-45-33-13-9-31(10-14-33)43(53)54)51-47-35-17-7-29(41(23-35)62-61-57)5-6-30-8-18-36(24-42(30)63(58,59)60)48-52-40-22-26(2)38(20-28(40)4)50-46-34-15-11-32(12-16-34)44(55)56/h5-24,57H,1-4H3,(H,53,54)(H,55,56)(H,58,59,60). The second-order valence-electron chi connectivity index (χ2n) is 13.8. The molecule has 0 atom stereocenters. The van der Waals surface area contributed by atoms with E-state index in [0.29, 0.717) is 67.9 Å². The molecule has 0 aliphatic carbocycles. The summed E-state index contributed by atoms with van der Waals surface area (Å²) in [6, 6.07) is 28.2. The van der Waals surface area contributed by atoms with Gasteiger partial charge in [0.2, 0.25) is 0 Å². The second-order valence-corrected chi connectivity index (χ2v) is 15.9. The molecule has 318 valence electrons. The fourth-order valence-electron chi connectivity index (χ4n) is 5.75. The number of carboxylic acids is 2. The summed E-state index contributed by atoms with van der Waals surface area (Å²) in [5.74, 6) is -2.07. The number of aromatic carboxylic acids is 2. The minimum absolute atomic E-state index is 0.135. The monoisotopic (exact) mass is 884 g/mol. The summed E-state index contributed by atoms with van der Waals surface area (Å²) in [5.41, 5.74) is 7.65. The van der Waals surface area contributed by atoms with Crippen molar-refractivity contribution in [1.29, 1.82) is 0 Å². The maximum Gasteiger partial charge on any atom is 0.335 e. The summed E-state index contributed by atoms with van der Waals surface area (Å²) in [6.07, 6.45) is 3.05. The fraction of sp³-hybridized carbons (Fsp3) is 0.0909. The molecular formula is C44H36N8O9S2. The Morgan fingerprint density at radius 3 is 1.24 bits per heavy atom. The van der Waals surface area contributed by atoms with Gasteiger partial charge in [0.05, 0.1) is 68.7 Å². The van der Waals surface area contributed by atoms with Gasteiger partial charge in [-0.2, -0.15) is 53.7 Å². The van der Waals surface area contributed by atoms with Crippen LogP contribution in [-0.4, -0.2) is 40.4 Å². The van der Waals surface area contributed by atoms with Gasteiger partial charge in [-0.15, -0.1) is 0 Å². The van der Waals surface area contributed by atoms with Crippen LogP contribution in [0.2, 0.25) is 0 Å². The number of hydrogen-bond donors (Lipinski definition) is 4. The molecule has 0 radical (unpaired) electrons. The van der Waals surface area contributed by atoms with Crippen molar-refractivity contribution in [2.24, 2.45) is 40.9 Å². The Labute approximate surface area is 364 Å². The van der Waals surface area contributed by atoms with Gasteiger partial charge >= 0.3 is 11.9 Å². The summed E-state index contributed by atoms with van der Waals surface area (Å²) in [5, 5.41) is 61.8. The largest absolute Gasteiger partial charge is 0.478 e. The second kappa shape index (κ2) is 20.0. The van der Waals surface area contributed by atoms with E-state index in [1.165, 1.54) is 48.5 Å². The number of nitrogens with zero attached hydrogens (tertiary/aromatic N) is 8. The van der Waals surface area contributed by atoms with E-state index in [-0.39, 0.29) is 22.4 Å². The first-order valence-corrected chi connectivity index (χ1v) is 20.7. The average molecular weight is 885 g/mol. The molecule has 0 heterocycles. The van der Waals surface area contributed by atoms with Crippen molar-refractivity contribution < 1.29 is 42.4 Å². The van der Waals surface area contributed by atoms with Crippen LogP contribution < -0.4 is 0 Å². The number of rotatable bonds is 15. The molecule has 0 aliphatic heterocycles. The Hall–Kier alpha value is -7.42. The zero-order valence-corrected chi connectivity index (χ0v) is 35.4. The third kappa shape index (κ3) is 11.9. The predicted octanol–water partition coefficient (Wildman–Crippen LogP) is 13.9. The molecule has 0 amide bonds. The van der Waals surface area contributed by atoms with Crippen LogP contribution in [0.3, 0.4) is 0 Å². The van der Waals surface area contributed by atoms with Crippen molar-refractivity contribution in [3.05, 3.63) is 154 Å². The van der Waals surface area contributed by atoms with E-state index in [2.05, 4.69) is 45.2 Å². The average Bonchev–Trinajstić information content (AvgIpc) is 3.25. The number of carboxylic acid groups (broad SMARTS) is 2. The highest BCUT2D eigenvalue weighted by atomic mass is 32.2. The molecule has 0 spiro atoms. The van der Waals surface area contributed by atoms with E-state index < -0.39 is 27.0 Å². The smallest absolute Gasteiger partial charge is 0.335 e. The number of hydrogen-bond acceptors (Lipinski definition) is 15. The molecule has 0 aliphatic rings. The molecule has 0 saturated carbocycles. The van der Waals surface area contributed by atoms with Crippen molar-refractivity contribution >= 4 is 91.8 Å². The lowest BCUT2D eigenvalue weighted by molar-refractivity contribution is -0.116. The molecule has 4 N–H and O–H groups in total. The van der Waals surface area contributed by atoms with Gasteiger partial charge in [0.1, 0.15) is 4.90 Å². The van der Waals surface area contributed by atoms with Gasteiger partial charge in [-0.25, -0.2) is 14.8 Å². The van der Waals surface area contributed by atoms with E-state index in [1.807, 2.05) is 13.8 Å². The first-order chi connectivity index (χ1) is 30.1. The number of carbonyl (C=O) groups is 2. The van der Waals surface area contributed by atoms with Gasteiger partial charge in [-0.3, -0.25) is 4.55 Å². The van der Waals surface area contributed by atoms with Crippen molar-refractivity contribution in [3.63, 3.8) is 0 Å². The van der Waals surface area contributed by atoms with Crippen LogP contribution in [0.4, 0.5) is 45.5 Å². The molecule has 19 heteroatoms. The normalized spacial score (nSPS) is 12.2. The van der Waals surface area contributed by atoms with Crippen LogP contribution in [0.15, 0.2) is 160 Å². The molecular weight excluding hydrogens is 849 g/mol. The Morgan fingerprint density at radius 2 is 0.857 bits per heavy atom. The van der Waals surface area contributed by atoms with Gasteiger partial charge < -0.3 is 10.2 Å². The highest BCUT2D eigenvalue weighted by Crippen LogP contribution is 2.35. The van der Waals surface area contributed by atoms with Gasteiger partial charge in [0, 0.05) is 4.90 Å². The maximum atomic E-state index is 12.5. The third-order valence-electron chi connectivity index (χ3n) is 9.19. The van der Waals surface area contributed by atoms with Crippen molar-refractivity contribution in [3.8, 4) is 0 Å². The molecule has 6 aromatic rings. The molecule has 0 aromatic heterocycles. The highest BCUT2D eigenvalue weighted by molar-refractivity contribution is 7.94. The molecule has 6 rings (SSSR count). The van der Waals surface area contributed by atoms with Crippen LogP contribution in [0.25, 0.3) is 12.2 Å². The van der Waals surface area contributed by atoms with Crippen LogP contribution in [-0.2, 0) is 14.5 Å². The van der Waals surface area contributed by atoms with E-state index in [9.17, 15) is 27.8 Å². The van der Waals surface area contributed by atoms with Gasteiger partial charge in [0.15, 0.2) is 0 Å². The van der Waals surface area contributed by atoms with Gasteiger partial charge in [0.25, 0.3) is 10.1 Å². The first-order valence-electron chi connectivity index (χ1n) is 18.6. The SMILES string of the molecule is Cc1cc(N=Nc2ccc(C=Cc3ccc(N=Nc4cc(C)c(N=Nc5ccc(C(=O)O)cc5)cc4C)cc3S(=O)(=O)O)c(SOO)c2)c(C)cc1N=Nc1ccc(C(=O)O)cc1. The predicted molar refractivity (Wildman–Crippen MR) is 237 cm³/mol. The minimum atomic E-state index is -4.72. The summed E-state index contributed by atoms with van der Waals surface area (Å²) >= 11 is 0.635. The molecule has 0 unspecified atom stereocenters. The van der Waals surface area contributed by atoms with Crippen molar-refractivity contribution in [2.75, 3.05) is 0 Å².